The summed E-state index contributed by atoms with van der Waals surface area (Å²) >= 11 is 1.72. The minimum Gasteiger partial charge on any atom is -0.328 e. The molecule has 0 aromatic carbocycles. The van der Waals surface area contributed by atoms with Crippen molar-refractivity contribution in [1.29, 1.82) is 0 Å². The number of thiazole rings is 1. The number of aromatic nitrogens is 1. The molecule has 3 N–H and O–H groups in total. The largest absolute Gasteiger partial charge is 0.328 e. The van der Waals surface area contributed by atoms with Crippen LogP contribution in [0.4, 0.5) is 0 Å². The van der Waals surface area contributed by atoms with Crippen molar-refractivity contribution in [2.75, 3.05) is 6.54 Å². The van der Waals surface area contributed by atoms with Crippen molar-refractivity contribution < 1.29 is 0 Å². The van der Waals surface area contributed by atoms with Crippen LogP contribution in [0.5, 0.6) is 0 Å². The van der Waals surface area contributed by atoms with Crippen molar-refractivity contribution in [2.45, 2.75) is 45.7 Å². The molecule has 3 nitrogen and oxygen atoms in total. The third-order valence-corrected chi connectivity index (χ3v) is 3.64. The van der Waals surface area contributed by atoms with Gasteiger partial charge in [-0.1, -0.05) is 6.92 Å². The third-order valence-electron chi connectivity index (χ3n) is 2.50. The quantitative estimate of drug-likeness (QED) is 0.783. The Labute approximate surface area is 96.1 Å². The molecule has 2 atom stereocenters. The molecule has 86 valence electrons. The van der Waals surface area contributed by atoms with E-state index in [1.165, 1.54) is 0 Å². The van der Waals surface area contributed by atoms with Gasteiger partial charge < -0.3 is 11.1 Å². The second-order valence-corrected chi connectivity index (χ2v) is 4.85. The maximum Gasteiger partial charge on any atom is 0.110 e. The van der Waals surface area contributed by atoms with E-state index in [9.17, 15) is 0 Å². The van der Waals surface area contributed by atoms with Crippen LogP contribution in [0.25, 0.3) is 0 Å². The second kappa shape index (κ2) is 6.20. The van der Waals surface area contributed by atoms with Gasteiger partial charge in [-0.05, 0) is 33.2 Å². The third kappa shape index (κ3) is 4.28. The Morgan fingerprint density at radius 1 is 1.60 bits per heavy atom. The first-order valence-corrected chi connectivity index (χ1v) is 6.42. The molecule has 1 rings (SSSR count). The minimum absolute atomic E-state index is 0.322. The number of nitrogens with one attached hydrogen (secondary N) is 1. The molecule has 0 saturated heterocycles. The number of hydrogen-bond acceptors (Lipinski definition) is 4. The lowest BCUT2D eigenvalue weighted by Crippen LogP contribution is -2.27. The van der Waals surface area contributed by atoms with E-state index in [1.807, 2.05) is 6.92 Å². The van der Waals surface area contributed by atoms with Crippen LogP contribution in [0.15, 0.2) is 5.38 Å². The number of nitrogens with zero attached hydrogens (tertiary/aromatic N) is 1. The first-order chi connectivity index (χ1) is 7.13. The molecule has 1 aromatic heterocycles. The Hall–Kier alpha value is -0.450. The summed E-state index contributed by atoms with van der Waals surface area (Å²) in [5.41, 5.74) is 6.95. The first kappa shape index (κ1) is 12.6. The van der Waals surface area contributed by atoms with Gasteiger partial charge in [0.05, 0.1) is 6.04 Å². The molecule has 0 amide bonds. The second-order valence-electron chi connectivity index (χ2n) is 3.96. The van der Waals surface area contributed by atoms with E-state index in [0.29, 0.717) is 12.1 Å². The number of aryl methyl sites for hydroxylation is 1. The van der Waals surface area contributed by atoms with Gasteiger partial charge in [0.2, 0.25) is 0 Å². The molecule has 0 bridgehead atoms. The Kier molecular flexibility index (Phi) is 5.22. The Morgan fingerprint density at radius 2 is 2.33 bits per heavy atom. The molecule has 1 aromatic rings. The van der Waals surface area contributed by atoms with E-state index in [4.69, 9.17) is 5.73 Å². The Balaban J connectivity index is 2.27. The van der Waals surface area contributed by atoms with Crippen LogP contribution in [-0.2, 0) is 0 Å². The van der Waals surface area contributed by atoms with E-state index >= 15 is 0 Å². The summed E-state index contributed by atoms with van der Waals surface area (Å²) in [6.07, 6.45) is 2.08. The van der Waals surface area contributed by atoms with Gasteiger partial charge in [-0.3, -0.25) is 0 Å². The van der Waals surface area contributed by atoms with E-state index in [1.54, 1.807) is 11.3 Å². The molecule has 0 fully saturated rings. The van der Waals surface area contributed by atoms with Crippen LogP contribution in [0.2, 0.25) is 0 Å². The van der Waals surface area contributed by atoms with Crippen molar-refractivity contribution in [3.05, 3.63) is 16.1 Å². The number of rotatable bonds is 6. The summed E-state index contributed by atoms with van der Waals surface area (Å²) in [4.78, 5) is 4.45. The van der Waals surface area contributed by atoms with Gasteiger partial charge in [-0.2, -0.15) is 0 Å². The number of nitrogens with two attached hydrogens (primary N) is 1. The average molecular weight is 227 g/mol. The highest BCUT2D eigenvalue weighted by molar-refractivity contribution is 7.09. The van der Waals surface area contributed by atoms with Crippen molar-refractivity contribution >= 4 is 11.3 Å². The highest BCUT2D eigenvalue weighted by Crippen LogP contribution is 2.17. The summed E-state index contributed by atoms with van der Waals surface area (Å²) in [5, 5.41) is 6.70. The normalized spacial score (nSPS) is 15.2. The molecule has 0 saturated carbocycles. The van der Waals surface area contributed by atoms with Crippen LogP contribution in [0, 0.1) is 6.92 Å². The molecule has 1 heterocycles. The van der Waals surface area contributed by atoms with Gasteiger partial charge in [0.1, 0.15) is 5.01 Å². The van der Waals surface area contributed by atoms with Crippen molar-refractivity contribution in [3.8, 4) is 0 Å². The Morgan fingerprint density at radius 3 is 2.87 bits per heavy atom. The van der Waals surface area contributed by atoms with Gasteiger partial charge in [0, 0.05) is 17.1 Å². The summed E-state index contributed by atoms with van der Waals surface area (Å²) in [6.45, 7) is 7.27. The predicted molar refractivity (Wildman–Crippen MR) is 66.2 cm³/mol. The smallest absolute Gasteiger partial charge is 0.110 e. The molecule has 4 heteroatoms. The zero-order valence-corrected chi connectivity index (χ0v) is 10.6. The Bertz CT molecular complexity index is 285. The average Bonchev–Trinajstić information content (AvgIpc) is 2.64. The maximum atomic E-state index is 5.85. The predicted octanol–water partition coefficient (Wildman–Crippen LogP) is 2.23. The molecule has 0 aliphatic heterocycles. The highest BCUT2D eigenvalue weighted by Gasteiger charge is 2.08. The molecule has 0 aliphatic rings. The van der Waals surface area contributed by atoms with Gasteiger partial charge in [0.25, 0.3) is 0 Å². The molecule has 0 radical (unpaired) electrons. The molecule has 2 unspecified atom stereocenters. The molecular weight excluding hydrogens is 206 g/mol. The van der Waals surface area contributed by atoms with E-state index < -0.39 is 0 Å². The maximum absolute atomic E-state index is 5.85. The van der Waals surface area contributed by atoms with Crippen molar-refractivity contribution in [1.82, 2.24) is 10.3 Å². The van der Waals surface area contributed by atoms with Gasteiger partial charge >= 0.3 is 0 Å². The van der Waals surface area contributed by atoms with Gasteiger partial charge in [-0.25, -0.2) is 4.98 Å². The van der Waals surface area contributed by atoms with Crippen molar-refractivity contribution in [3.63, 3.8) is 0 Å². The standard InChI is InChI=1S/C11H21N3S/c1-4-10(12)5-6-13-9(3)11-14-8(2)7-15-11/h7,9-10,13H,4-6,12H2,1-3H3. The fourth-order valence-corrected chi connectivity index (χ4v) is 2.18. The van der Waals surface area contributed by atoms with Crippen molar-refractivity contribution in [2.24, 2.45) is 5.73 Å². The molecule has 0 aliphatic carbocycles. The zero-order valence-electron chi connectivity index (χ0n) is 9.79. The lowest BCUT2D eigenvalue weighted by Gasteiger charge is -2.13. The molecule has 15 heavy (non-hydrogen) atoms. The van der Waals surface area contributed by atoms with E-state index in [2.05, 4.69) is 29.5 Å². The SMILES string of the molecule is CCC(N)CCNC(C)c1nc(C)cs1. The van der Waals surface area contributed by atoms with Crippen LogP contribution in [-0.4, -0.2) is 17.6 Å². The summed E-state index contributed by atoms with van der Waals surface area (Å²) in [5.74, 6) is 0. The highest BCUT2D eigenvalue weighted by atomic mass is 32.1. The zero-order chi connectivity index (χ0) is 11.3. The van der Waals surface area contributed by atoms with Crippen LogP contribution < -0.4 is 11.1 Å². The van der Waals surface area contributed by atoms with Gasteiger partial charge in [-0.15, -0.1) is 11.3 Å². The van der Waals surface area contributed by atoms with E-state index in [-0.39, 0.29) is 0 Å². The monoisotopic (exact) mass is 227 g/mol. The number of hydrogen-bond donors (Lipinski definition) is 2. The van der Waals surface area contributed by atoms with Gasteiger partial charge in [0.15, 0.2) is 0 Å². The summed E-state index contributed by atoms with van der Waals surface area (Å²) in [6, 6.07) is 0.662. The minimum atomic E-state index is 0.322. The fourth-order valence-electron chi connectivity index (χ4n) is 1.35. The molecular formula is C11H21N3S. The summed E-state index contributed by atoms with van der Waals surface area (Å²) < 4.78 is 0. The summed E-state index contributed by atoms with van der Waals surface area (Å²) in [7, 11) is 0. The van der Waals surface area contributed by atoms with Crippen LogP contribution in [0.1, 0.15) is 43.4 Å². The van der Waals surface area contributed by atoms with Crippen LogP contribution >= 0.6 is 11.3 Å². The lowest BCUT2D eigenvalue weighted by molar-refractivity contribution is 0.506. The topological polar surface area (TPSA) is 50.9 Å². The fraction of sp³-hybridized carbons (Fsp3) is 0.727. The van der Waals surface area contributed by atoms with Crippen LogP contribution in [0.3, 0.4) is 0 Å². The molecule has 0 spiro atoms. The first-order valence-electron chi connectivity index (χ1n) is 5.54. The van der Waals surface area contributed by atoms with E-state index in [0.717, 1.165) is 30.1 Å². The lowest BCUT2D eigenvalue weighted by atomic mass is 10.1.